The number of hydrogen-bond acceptors (Lipinski definition) is 4. The molecule has 0 atom stereocenters. The molecule has 116 valence electrons. The molecule has 1 heterocycles. The number of nitro groups is 1. The molecule has 0 bridgehead atoms. The van der Waals surface area contributed by atoms with Crippen molar-refractivity contribution in [3.8, 4) is 0 Å². The lowest BCUT2D eigenvalue weighted by molar-refractivity contribution is -0.384. The molecule has 1 N–H and O–H groups in total. The summed E-state index contributed by atoms with van der Waals surface area (Å²) in [7, 11) is 2.17. The second-order valence-corrected chi connectivity index (χ2v) is 6.15. The molecular weight excluding hydrogens is 290 g/mol. The second kappa shape index (κ2) is 7.73. The molecule has 6 heteroatoms. The number of benzene rings is 1. The summed E-state index contributed by atoms with van der Waals surface area (Å²) in [5.74, 6) is 0.807. The van der Waals surface area contributed by atoms with Crippen molar-refractivity contribution in [3.63, 3.8) is 0 Å². The second-order valence-electron chi connectivity index (χ2n) is 5.74. The van der Waals surface area contributed by atoms with Gasteiger partial charge in [0, 0.05) is 18.7 Å². The molecule has 1 fully saturated rings. The Morgan fingerprint density at radius 2 is 2.14 bits per heavy atom. The van der Waals surface area contributed by atoms with Crippen LogP contribution >= 0.6 is 11.6 Å². The molecule has 0 aliphatic carbocycles. The summed E-state index contributed by atoms with van der Waals surface area (Å²) in [6.07, 6.45) is 3.73. The first-order chi connectivity index (χ1) is 10.1. The van der Waals surface area contributed by atoms with Crippen molar-refractivity contribution < 1.29 is 4.92 Å². The number of nitrogens with one attached hydrogen (secondary N) is 1. The first-order valence-corrected chi connectivity index (χ1v) is 7.76. The Bertz CT molecular complexity index is 488. The molecule has 1 aromatic rings. The van der Waals surface area contributed by atoms with Crippen molar-refractivity contribution >= 4 is 17.3 Å². The molecule has 5 nitrogen and oxygen atoms in total. The number of rotatable bonds is 6. The van der Waals surface area contributed by atoms with Crippen LogP contribution in [0.25, 0.3) is 0 Å². The fourth-order valence-corrected chi connectivity index (χ4v) is 2.91. The van der Waals surface area contributed by atoms with Crippen LogP contribution in [0.2, 0.25) is 5.02 Å². The van der Waals surface area contributed by atoms with Gasteiger partial charge in [-0.1, -0.05) is 11.6 Å². The van der Waals surface area contributed by atoms with Crippen molar-refractivity contribution in [2.45, 2.75) is 25.8 Å². The Morgan fingerprint density at radius 3 is 2.76 bits per heavy atom. The zero-order chi connectivity index (χ0) is 15.2. The van der Waals surface area contributed by atoms with E-state index in [9.17, 15) is 10.1 Å². The Balaban J connectivity index is 1.72. The van der Waals surface area contributed by atoms with E-state index in [4.69, 9.17) is 11.6 Å². The number of hydrogen-bond donors (Lipinski definition) is 1. The molecular formula is C15H22ClN3O2. The van der Waals surface area contributed by atoms with E-state index in [0.717, 1.165) is 18.0 Å². The molecule has 1 aliphatic heterocycles. The quantitative estimate of drug-likeness (QED) is 0.498. The summed E-state index contributed by atoms with van der Waals surface area (Å²) in [5.41, 5.74) is 0.945. The molecule has 0 saturated carbocycles. The minimum absolute atomic E-state index is 0.0371. The Hall–Kier alpha value is -1.17. The van der Waals surface area contributed by atoms with Gasteiger partial charge in [0.05, 0.1) is 9.95 Å². The number of likely N-dealkylation sites (tertiary alicyclic amines) is 1. The van der Waals surface area contributed by atoms with Crippen LogP contribution in [-0.4, -0.2) is 36.5 Å². The summed E-state index contributed by atoms with van der Waals surface area (Å²) in [6, 6.07) is 4.64. The van der Waals surface area contributed by atoms with Crippen molar-refractivity contribution in [2.75, 3.05) is 26.7 Å². The molecule has 0 unspecified atom stereocenters. The number of nitro benzene ring substituents is 1. The summed E-state index contributed by atoms with van der Waals surface area (Å²) in [6.45, 7) is 4.00. The molecule has 0 aromatic heterocycles. The van der Waals surface area contributed by atoms with Crippen LogP contribution in [0.3, 0.4) is 0 Å². The topological polar surface area (TPSA) is 58.4 Å². The van der Waals surface area contributed by atoms with Gasteiger partial charge < -0.3 is 10.2 Å². The Morgan fingerprint density at radius 1 is 1.43 bits per heavy atom. The predicted octanol–water partition coefficient (Wildman–Crippen LogP) is 3.07. The smallest absolute Gasteiger partial charge is 0.270 e. The zero-order valence-electron chi connectivity index (χ0n) is 12.3. The van der Waals surface area contributed by atoms with E-state index in [1.807, 2.05) is 0 Å². The maximum absolute atomic E-state index is 10.7. The Labute approximate surface area is 130 Å². The minimum atomic E-state index is -0.427. The predicted molar refractivity (Wildman–Crippen MR) is 84.7 cm³/mol. The van der Waals surface area contributed by atoms with E-state index >= 15 is 0 Å². The molecule has 21 heavy (non-hydrogen) atoms. The first-order valence-electron chi connectivity index (χ1n) is 7.38. The fraction of sp³-hybridized carbons (Fsp3) is 0.600. The summed E-state index contributed by atoms with van der Waals surface area (Å²) in [5, 5.41) is 14.5. The molecule has 0 amide bonds. The van der Waals surface area contributed by atoms with Crippen molar-refractivity contribution in [1.82, 2.24) is 10.2 Å². The van der Waals surface area contributed by atoms with Crippen LogP contribution in [-0.2, 0) is 6.54 Å². The van der Waals surface area contributed by atoms with E-state index in [1.165, 1.54) is 44.5 Å². The van der Waals surface area contributed by atoms with Crippen molar-refractivity contribution in [3.05, 3.63) is 38.9 Å². The molecule has 1 aliphatic rings. The molecule has 1 aromatic carbocycles. The molecule has 1 saturated heterocycles. The summed E-state index contributed by atoms with van der Waals surface area (Å²) < 4.78 is 0. The van der Waals surface area contributed by atoms with E-state index in [2.05, 4.69) is 17.3 Å². The standard InChI is InChI=1S/C15H22ClN3O2/c1-18-8-5-12(6-9-18)4-7-17-11-13-2-3-14(19(20)21)10-15(13)16/h2-3,10,12,17H,4-9,11H2,1H3. The first kappa shape index (κ1) is 16.2. The minimum Gasteiger partial charge on any atom is -0.313 e. The average molecular weight is 312 g/mol. The van der Waals surface area contributed by atoms with Crippen LogP contribution < -0.4 is 5.32 Å². The largest absolute Gasteiger partial charge is 0.313 e. The van der Waals surface area contributed by atoms with Crippen LogP contribution in [0.1, 0.15) is 24.8 Å². The van der Waals surface area contributed by atoms with E-state index in [1.54, 1.807) is 6.07 Å². The van der Waals surface area contributed by atoms with Gasteiger partial charge in [-0.3, -0.25) is 10.1 Å². The lowest BCUT2D eigenvalue weighted by atomic mass is 9.94. The van der Waals surface area contributed by atoms with Crippen LogP contribution in [0.5, 0.6) is 0 Å². The lowest BCUT2D eigenvalue weighted by Crippen LogP contribution is -2.31. The van der Waals surface area contributed by atoms with Gasteiger partial charge in [0.1, 0.15) is 0 Å². The molecule has 0 radical (unpaired) electrons. The van der Waals surface area contributed by atoms with Crippen LogP contribution in [0.15, 0.2) is 18.2 Å². The van der Waals surface area contributed by atoms with Gasteiger partial charge >= 0.3 is 0 Å². The monoisotopic (exact) mass is 311 g/mol. The maximum atomic E-state index is 10.7. The summed E-state index contributed by atoms with van der Waals surface area (Å²) in [4.78, 5) is 12.6. The highest BCUT2D eigenvalue weighted by Gasteiger charge is 2.16. The normalized spacial score (nSPS) is 17.0. The van der Waals surface area contributed by atoms with Gasteiger partial charge in [0.25, 0.3) is 5.69 Å². The van der Waals surface area contributed by atoms with E-state index in [-0.39, 0.29) is 5.69 Å². The van der Waals surface area contributed by atoms with Gasteiger partial charge in [-0.25, -0.2) is 0 Å². The lowest BCUT2D eigenvalue weighted by Gasteiger charge is -2.28. The van der Waals surface area contributed by atoms with Crippen LogP contribution in [0, 0.1) is 16.0 Å². The highest BCUT2D eigenvalue weighted by atomic mass is 35.5. The number of nitrogens with zero attached hydrogens (tertiary/aromatic N) is 2. The third-order valence-corrected chi connectivity index (χ3v) is 4.48. The zero-order valence-corrected chi connectivity index (χ0v) is 13.1. The van der Waals surface area contributed by atoms with Gasteiger partial charge in [0.15, 0.2) is 0 Å². The molecule has 0 spiro atoms. The van der Waals surface area contributed by atoms with Gasteiger partial charge in [-0.05, 0) is 63.5 Å². The third-order valence-electron chi connectivity index (χ3n) is 4.13. The van der Waals surface area contributed by atoms with Gasteiger partial charge in [-0.15, -0.1) is 0 Å². The van der Waals surface area contributed by atoms with Crippen molar-refractivity contribution in [1.29, 1.82) is 0 Å². The van der Waals surface area contributed by atoms with E-state index in [0.29, 0.717) is 11.6 Å². The number of halogens is 1. The highest BCUT2D eigenvalue weighted by Crippen LogP contribution is 2.22. The van der Waals surface area contributed by atoms with Crippen molar-refractivity contribution in [2.24, 2.45) is 5.92 Å². The fourth-order valence-electron chi connectivity index (χ4n) is 2.67. The SMILES string of the molecule is CN1CCC(CCNCc2ccc([N+](=O)[O-])cc2Cl)CC1. The molecule has 2 rings (SSSR count). The van der Waals surface area contributed by atoms with Gasteiger partial charge in [-0.2, -0.15) is 0 Å². The van der Waals surface area contributed by atoms with Crippen LogP contribution in [0.4, 0.5) is 5.69 Å². The average Bonchev–Trinajstić information content (AvgIpc) is 2.46. The third kappa shape index (κ3) is 4.95. The number of piperidine rings is 1. The summed E-state index contributed by atoms with van der Waals surface area (Å²) >= 11 is 6.07. The Kier molecular flexibility index (Phi) is 5.96. The number of non-ortho nitro benzene ring substituents is 1. The van der Waals surface area contributed by atoms with E-state index < -0.39 is 4.92 Å². The highest BCUT2D eigenvalue weighted by molar-refractivity contribution is 6.31. The van der Waals surface area contributed by atoms with Gasteiger partial charge in [0.2, 0.25) is 0 Å². The maximum Gasteiger partial charge on any atom is 0.270 e.